The van der Waals surface area contributed by atoms with Crippen LogP contribution in [0.3, 0.4) is 0 Å². The first-order chi connectivity index (χ1) is 12.2. The normalized spacial score (nSPS) is 11.1. The van der Waals surface area contributed by atoms with Crippen molar-refractivity contribution in [2.45, 2.75) is 18.4 Å². The number of carbonyl (C=O) groups excluding carboxylic acids is 1. The van der Waals surface area contributed by atoms with E-state index in [0.717, 1.165) is 17.4 Å². The van der Waals surface area contributed by atoms with Gasteiger partial charge in [0.1, 0.15) is 6.61 Å². The molecule has 2 rings (SSSR count). The fourth-order valence-electron chi connectivity index (χ4n) is 2.29. The van der Waals surface area contributed by atoms with Crippen molar-refractivity contribution in [3.8, 4) is 11.5 Å². The second-order valence-corrected chi connectivity index (χ2v) is 8.05. The Hall–Kier alpha value is -2.25. The molecule has 0 aliphatic heterocycles. The summed E-state index contributed by atoms with van der Waals surface area (Å²) in [6, 6.07) is 7.40. The van der Waals surface area contributed by atoms with Crippen LogP contribution in [0.25, 0.3) is 0 Å². The molecule has 6 nitrogen and oxygen atoms in total. The van der Waals surface area contributed by atoms with Crippen LogP contribution in [0.2, 0.25) is 5.02 Å². The fraction of sp³-hybridized carbons (Fsp3) is 0.278. The molecule has 0 heterocycles. The number of halogens is 1. The molecule has 0 aromatic heterocycles. The maximum atomic E-state index is 12.3. The first-order valence-corrected chi connectivity index (χ1v) is 9.82. The van der Waals surface area contributed by atoms with Gasteiger partial charge < -0.3 is 14.2 Å². The van der Waals surface area contributed by atoms with Crippen LogP contribution in [-0.4, -0.2) is 34.9 Å². The predicted octanol–water partition coefficient (Wildman–Crippen LogP) is 3.43. The lowest BCUT2D eigenvalue weighted by atomic mass is 10.1. The largest absolute Gasteiger partial charge is 0.493 e. The summed E-state index contributed by atoms with van der Waals surface area (Å²) in [5.41, 5.74) is 1.57. The van der Waals surface area contributed by atoms with E-state index in [1.165, 1.54) is 32.4 Å². The molecular weight excluding hydrogens is 380 g/mol. The lowest BCUT2D eigenvalue weighted by Crippen LogP contribution is -2.09. The van der Waals surface area contributed by atoms with Crippen LogP contribution in [0.15, 0.2) is 35.2 Å². The summed E-state index contributed by atoms with van der Waals surface area (Å²) in [5.74, 6) is 0.375. The van der Waals surface area contributed by atoms with E-state index in [4.69, 9.17) is 25.8 Å². The van der Waals surface area contributed by atoms with Crippen molar-refractivity contribution < 1.29 is 27.4 Å². The van der Waals surface area contributed by atoms with E-state index in [-0.39, 0.29) is 22.1 Å². The molecule has 0 radical (unpaired) electrons. The topological polar surface area (TPSA) is 78.9 Å². The number of methoxy groups -OCH3 is 2. The van der Waals surface area contributed by atoms with Crippen molar-refractivity contribution in [2.75, 3.05) is 20.5 Å². The quantitative estimate of drug-likeness (QED) is 0.693. The first-order valence-electron chi connectivity index (χ1n) is 7.55. The van der Waals surface area contributed by atoms with Crippen LogP contribution in [0.5, 0.6) is 11.5 Å². The molecule has 26 heavy (non-hydrogen) atoms. The Bertz CT molecular complexity index is 937. The average molecular weight is 399 g/mol. The number of rotatable bonds is 6. The highest BCUT2D eigenvalue weighted by Gasteiger charge is 2.17. The van der Waals surface area contributed by atoms with Crippen molar-refractivity contribution in [1.82, 2.24) is 0 Å². The van der Waals surface area contributed by atoms with Crippen molar-refractivity contribution in [2.24, 2.45) is 0 Å². The molecule has 0 N–H and O–H groups in total. The Morgan fingerprint density at radius 2 is 1.69 bits per heavy atom. The van der Waals surface area contributed by atoms with Crippen molar-refractivity contribution in [3.05, 3.63) is 52.0 Å². The molecule has 0 amide bonds. The average Bonchev–Trinajstić information content (AvgIpc) is 2.59. The second kappa shape index (κ2) is 7.97. The molecular formula is C18H19ClO6S. The summed E-state index contributed by atoms with van der Waals surface area (Å²) in [7, 11) is -0.414. The zero-order valence-electron chi connectivity index (χ0n) is 14.8. The standard InChI is InChI=1S/C18H19ClO6S/c1-11-7-16(23-2)17(24-3)8-12(11)10-25-18(20)14-9-13(26(4,21)22)5-6-15(14)19/h5-9H,10H2,1-4H3. The molecule has 2 aromatic rings. The second-order valence-electron chi connectivity index (χ2n) is 5.62. The van der Waals surface area contributed by atoms with Crippen molar-refractivity contribution >= 4 is 27.4 Å². The number of hydrogen-bond donors (Lipinski definition) is 0. The highest BCUT2D eigenvalue weighted by atomic mass is 35.5. The lowest BCUT2D eigenvalue weighted by molar-refractivity contribution is 0.0471. The summed E-state index contributed by atoms with van der Waals surface area (Å²) in [5, 5.41) is 0.117. The van der Waals surface area contributed by atoms with E-state index in [1.807, 2.05) is 6.92 Å². The van der Waals surface area contributed by atoms with Crippen molar-refractivity contribution in [3.63, 3.8) is 0 Å². The molecule has 0 saturated carbocycles. The van der Waals surface area contributed by atoms with Crippen LogP contribution in [0.4, 0.5) is 0 Å². The predicted molar refractivity (Wildman–Crippen MR) is 98.0 cm³/mol. The van der Waals surface area contributed by atoms with Crippen LogP contribution < -0.4 is 9.47 Å². The molecule has 8 heteroatoms. The van der Waals surface area contributed by atoms with Gasteiger partial charge in [0.15, 0.2) is 21.3 Å². The van der Waals surface area contributed by atoms with Gasteiger partial charge in [0.05, 0.1) is 29.7 Å². The van der Waals surface area contributed by atoms with Crippen LogP contribution in [-0.2, 0) is 21.2 Å². The molecule has 0 fully saturated rings. The molecule has 0 bridgehead atoms. The van der Waals surface area contributed by atoms with E-state index >= 15 is 0 Å². The summed E-state index contributed by atoms with van der Waals surface area (Å²) >= 11 is 6.01. The van der Waals surface area contributed by atoms with Gasteiger partial charge in [0, 0.05) is 6.26 Å². The number of hydrogen-bond acceptors (Lipinski definition) is 6. The van der Waals surface area contributed by atoms with Gasteiger partial charge in [-0.3, -0.25) is 0 Å². The zero-order valence-corrected chi connectivity index (χ0v) is 16.4. The lowest BCUT2D eigenvalue weighted by Gasteiger charge is -2.13. The van der Waals surface area contributed by atoms with Gasteiger partial charge in [-0.15, -0.1) is 0 Å². The smallest absolute Gasteiger partial charge is 0.340 e. The molecule has 140 valence electrons. The Kier molecular flexibility index (Phi) is 6.15. The van der Waals surface area contributed by atoms with Gasteiger partial charge in [-0.25, -0.2) is 13.2 Å². The third kappa shape index (κ3) is 4.47. The minimum Gasteiger partial charge on any atom is -0.493 e. The van der Waals surface area contributed by atoms with E-state index in [2.05, 4.69) is 0 Å². The number of aryl methyl sites for hydroxylation is 1. The number of esters is 1. The molecule has 0 aliphatic rings. The van der Waals surface area contributed by atoms with Gasteiger partial charge in [-0.1, -0.05) is 11.6 Å². The minimum absolute atomic E-state index is 0.00357. The third-order valence-corrected chi connectivity index (χ3v) is 5.23. The Labute approximate surface area is 157 Å². The SMILES string of the molecule is COc1cc(C)c(COC(=O)c2cc(S(C)(=O)=O)ccc2Cl)cc1OC. The Morgan fingerprint density at radius 1 is 1.08 bits per heavy atom. The van der Waals surface area contributed by atoms with Crippen molar-refractivity contribution in [1.29, 1.82) is 0 Å². The van der Waals surface area contributed by atoms with E-state index in [1.54, 1.807) is 12.1 Å². The fourth-order valence-corrected chi connectivity index (χ4v) is 3.13. The number of sulfone groups is 1. The molecule has 0 unspecified atom stereocenters. The summed E-state index contributed by atoms with van der Waals surface area (Å²) < 4.78 is 39.1. The van der Waals surface area contributed by atoms with Gasteiger partial charge in [-0.05, 0) is 48.4 Å². The number of ether oxygens (including phenoxy) is 3. The van der Waals surface area contributed by atoms with Crippen LogP contribution in [0, 0.1) is 6.92 Å². The summed E-state index contributed by atoms with van der Waals surface area (Å²) in [4.78, 5) is 12.3. The van der Waals surface area contributed by atoms with E-state index < -0.39 is 15.8 Å². The van der Waals surface area contributed by atoms with Gasteiger partial charge >= 0.3 is 5.97 Å². The summed E-state index contributed by atoms with van der Waals surface area (Å²) in [6.07, 6.45) is 1.05. The maximum Gasteiger partial charge on any atom is 0.340 e. The zero-order chi connectivity index (χ0) is 19.5. The van der Waals surface area contributed by atoms with Gasteiger partial charge in [0.25, 0.3) is 0 Å². The van der Waals surface area contributed by atoms with Crippen LogP contribution >= 0.6 is 11.6 Å². The Balaban J connectivity index is 2.24. The first kappa shape index (κ1) is 20.1. The maximum absolute atomic E-state index is 12.3. The molecule has 0 atom stereocenters. The molecule has 0 spiro atoms. The number of benzene rings is 2. The molecule has 0 saturated heterocycles. The van der Waals surface area contributed by atoms with E-state index in [0.29, 0.717) is 11.5 Å². The number of carbonyl (C=O) groups is 1. The van der Waals surface area contributed by atoms with E-state index in [9.17, 15) is 13.2 Å². The van der Waals surface area contributed by atoms with Crippen LogP contribution in [0.1, 0.15) is 21.5 Å². The third-order valence-electron chi connectivity index (χ3n) is 3.79. The molecule has 2 aromatic carbocycles. The highest BCUT2D eigenvalue weighted by molar-refractivity contribution is 7.90. The van der Waals surface area contributed by atoms with Gasteiger partial charge in [0.2, 0.25) is 0 Å². The highest BCUT2D eigenvalue weighted by Crippen LogP contribution is 2.31. The van der Waals surface area contributed by atoms with Gasteiger partial charge in [-0.2, -0.15) is 0 Å². The molecule has 0 aliphatic carbocycles. The summed E-state index contributed by atoms with van der Waals surface area (Å²) in [6.45, 7) is 1.83. The monoisotopic (exact) mass is 398 g/mol. The minimum atomic E-state index is -3.46. The Morgan fingerprint density at radius 3 is 2.27 bits per heavy atom.